The third-order valence-electron chi connectivity index (χ3n) is 3.53. The number of benzene rings is 2. The third-order valence-corrected chi connectivity index (χ3v) is 4.02. The van der Waals surface area contributed by atoms with Gasteiger partial charge < -0.3 is 10.4 Å². The van der Waals surface area contributed by atoms with Crippen molar-refractivity contribution in [2.24, 2.45) is 5.92 Å². The first kappa shape index (κ1) is 16.1. The van der Waals surface area contributed by atoms with Crippen LogP contribution in [-0.4, -0.2) is 18.2 Å². The Bertz CT molecular complexity index is 523. The summed E-state index contributed by atoms with van der Waals surface area (Å²) in [5.74, 6) is 0.859. The second-order valence-corrected chi connectivity index (χ2v) is 6.30. The summed E-state index contributed by atoms with van der Waals surface area (Å²) >= 11 is 3.53. The maximum atomic E-state index is 9.61. The third kappa shape index (κ3) is 5.52. The van der Waals surface area contributed by atoms with Crippen molar-refractivity contribution in [2.45, 2.75) is 19.8 Å². The van der Waals surface area contributed by atoms with Gasteiger partial charge in [0, 0.05) is 4.47 Å². The Balaban J connectivity index is 2.06. The van der Waals surface area contributed by atoms with Crippen LogP contribution in [0.4, 0.5) is 0 Å². The molecule has 21 heavy (non-hydrogen) atoms. The van der Waals surface area contributed by atoms with Gasteiger partial charge in [-0.05, 0) is 67.2 Å². The maximum absolute atomic E-state index is 9.61. The lowest BCUT2D eigenvalue weighted by Crippen LogP contribution is -2.25. The zero-order valence-corrected chi connectivity index (χ0v) is 13.9. The van der Waals surface area contributed by atoms with Crippen molar-refractivity contribution >= 4 is 15.9 Å². The summed E-state index contributed by atoms with van der Waals surface area (Å²) < 4.78 is 1.12. The molecule has 0 aliphatic heterocycles. The summed E-state index contributed by atoms with van der Waals surface area (Å²) in [6.45, 7) is 4.10. The van der Waals surface area contributed by atoms with E-state index in [4.69, 9.17) is 0 Å². The molecule has 0 spiro atoms. The van der Waals surface area contributed by atoms with E-state index in [1.165, 1.54) is 11.1 Å². The molecule has 2 rings (SSSR count). The lowest BCUT2D eigenvalue weighted by molar-refractivity contribution is 0.465. The number of phenols is 1. The second kappa shape index (κ2) is 8.20. The molecule has 0 bridgehead atoms. The quantitative estimate of drug-likeness (QED) is 0.787. The van der Waals surface area contributed by atoms with Crippen molar-refractivity contribution in [3.63, 3.8) is 0 Å². The Morgan fingerprint density at radius 1 is 1.05 bits per heavy atom. The predicted octanol–water partition coefficient (Wildman–Crippen LogP) is 4.17. The zero-order valence-electron chi connectivity index (χ0n) is 12.3. The molecule has 2 aromatic rings. The number of nitrogens with one attached hydrogen (secondary N) is 1. The van der Waals surface area contributed by atoms with Crippen LogP contribution < -0.4 is 5.32 Å². The van der Waals surface area contributed by atoms with Gasteiger partial charge in [-0.1, -0.05) is 47.1 Å². The van der Waals surface area contributed by atoms with Crippen LogP contribution in [0.1, 0.15) is 18.1 Å². The molecule has 0 saturated carbocycles. The normalized spacial score (nSPS) is 12.3. The second-order valence-electron chi connectivity index (χ2n) is 5.38. The maximum Gasteiger partial charge on any atom is 0.115 e. The summed E-state index contributed by atoms with van der Waals surface area (Å²) in [5, 5.41) is 13.1. The first-order chi connectivity index (χ1) is 10.2. The van der Waals surface area contributed by atoms with Crippen molar-refractivity contribution in [1.82, 2.24) is 5.32 Å². The lowest BCUT2D eigenvalue weighted by atomic mass is 9.92. The van der Waals surface area contributed by atoms with Gasteiger partial charge >= 0.3 is 0 Å². The monoisotopic (exact) mass is 347 g/mol. The number of hydrogen-bond acceptors (Lipinski definition) is 2. The molecule has 1 atom stereocenters. The fraction of sp³-hybridized carbons (Fsp3) is 0.333. The first-order valence-corrected chi connectivity index (χ1v) is 8.19. The van der Waals surface area contributed by atoms with E-state index in [2.05, 4.69) is 58.5 Å². The minimum atomic E-state index is 0.345. The number of phenolic OH excluding ortho intramolecular Hbond substituents is 1. The molecule has 3 heteroatoms. The minimum Gasteiger partial charge on any atom is -0.508 e. The van der Waals surface area contributed by atoms with Gasteiger partial charge in [0.15, 0.2) is 0 Å². The van der Waals surface area contributed by atoms with Crippen molar-refractivity contribution < 1.29 is 5.11 Å². The number of rotatable bonds is 7. The van der Waals surface area contributed by atoms with Crippen LogP contribution in [0.15, 0.2) is 53.0 Å². The Labute approximate surface area is 135 Å². The van der Waals surface area contributed by atoms with Crippen LogP contribution in [0.25, 0.3) is 0 Å². The molecule has 112 valence electrons. The van der Waals surface area contributed by atoms with Gasteiger partial charge in [0.1, 0.15) is 5.75 Å². The van der Waals surface area contributed by atoms with E-state index in [9.17, 15) is 5.11 Å². The number of halogens is 1. The molecule has 0 heterocycles. The molecule has 0 fully saturated rings. The molecule has 0 aromatic heterocycles. The largest absolute Gasteiger partial charge is 0.508 e. The fourth-order valence-corrected chi connectivity index (χ4v) is 3.03. The number of aromatic hydroxyl groups is 1. The molecule has 0 saturated heterocycles. The minimum absolute atomic E-state index is 0.345. The van der Waals surface area contributed by atoms with E-state index in [-0.39, 0.29) is 0 Å². The van der Waals surface area contributed by atoms with E-state index in [1.807, 2.05) is 12.1 Å². The highest BCUT2D eigenvalue weighted by atomic mass is 79.9. The molecule has 2 N–H and O–H groups in total. The van der Waals surface area contributed by atoms with Crippen LogP contribution in [0.2, 0.25) is 0 Å². The Morgan fingerprint density at radius 2 is 1.71 bits per heavy atom. The average molecular weight is 348 g/mol. The van der Waals surface area contributed by atoms with E-state index < -0.39 is 0 Å². The van der Waals surface area contributed by atoms with E-state index in [1.54, 1.807) is 6.07 Å². The molecule has 0 aliphatic rings. The Morgan fingerprint density at radius 3 is 2.33 bits per heavy atom. The molecular weight excluding hydrogens is 326 g/mol. The smallest absolute Gasteiger partial charge is 0.115 e. The van der Waals surface area contributed by atoms with Crippen LogP contribution in [0, 0.1) is 5.92 Å². The topological polar surface area (TPSA) is 32.3 Å². The van der Waals surface area contributed by atoms with E-state index in [0.29, 0.717) is 11.7 Å². The van der Waals surface area contributed by atoms with Crippen molar-refractivity contribution in [3.8, 4) is 5.75 Å². The zero-order chi connectivity index (χ0) is 15.1. The first-order valence-electron chi connectivity index (χ1n) is 7.40. The summed E-state index contributed by atoms with van der Waals surface area (Å²) in [6, 6.07) is 16.1. The standard InChI is InChI=1S/C18H22BrNO/c1-2-20-13-16(9-14-5-3-7-17(19)11-14)10-15-6-4-8-18(21)12-15/h3-8,11-12,16,20-21H,2,9-10,13H2,1H3. The lowest BCUT2D eigenvalue weighted by Gasteiger charge is -2.18. The van der Waals surface area contributed by atoms with Crippen molar-refractivity contribution in [3.05, 3.63) is 64.1 Å². The molecule has 0 radical (unpaired) electrons. The van der Waals surface area contributed by atoms with Gasteiger partial charge in [-0.2, -0.15) is 0 Å². The molecule has 2 nitrogen and oxygen atoms in total. The van der Waals surface area contributed by atoms with Crippen LogP contribution in [0.3, 0.4) is 0 Å². The van der Waals surface area contributed by atoms with E-state index >= 15 is 0 Å². The van der Waals surface area contributed by atoms with Crippen molar-refractivity contribution in [1.29, 1.82) is 0 Å². The Hall–Kier alpha value is -1.32. The molecule has 0 amide bonds. The van der Waals surface area contributed by atoms with Crippen LogP contribution in [0.5, 0.6) is 5.75 Å². The molecule has 2 aromatic carbocycles. The van der Waals surface area contributed by atoms with Crippen LogP contribution in [-0.2, 0) is 12.8 Å². The molecule has 1 unspecified atom stereocenters. The summed E-state index contributed by atoms with van der Waals surface area (Å²) in [6.07, 6.45) is 2.00. The highest BCUT2D eigenvalue weighted by Gasteiger charge is 2.11. The Kier molecular flexibility index (Phi) is 6.27. The summed E-state index contributed by atoms with van der Waals surface area (Å²) in [7, 11) is 0. The van der Waals surface area contributed by atoms with Crippen molar-refractivity contribution in [2.75, 3.05) is 13.1 Å². The van der Waals surface area contributed by atoms with Gasteiger partial charge in [0.25, 0.3) is 0 Å². The summed E-state index contributed by atoms with van der Waals surface area (Å²) in [5.41, 5.74) is 2.53. The fourth-order valence-electron chi connectivity index (χ4n) is 2.58. The summed E-state index contributed by atoms with van der Waals surface area (Å²) in [4.78, 5) is 0. The van der Waals surface area contributed by atoms with Gasteiger partial charge in [0.2, 0.25) is 0 Å². The predicted molar refractivity (Wildman–Crippen MR) is 91.7 cm³/mol. The number of hydrogen-bond donors (Lipinski definition) is 2. The average Bonchev–Trinajstić information content (AvgIpc) is 2.45. The highest BCUT2D eigenvalue weighted by molar-refractivity contribution is 9.10. The molecule has 0 aliphatic carbocycles. The van der Waals surface area contributed by atoms with Gasteiger partial charge in [-0.15, -0.1) is 0 Å². The SMILES string of the molecule is CCNCC(Cc1cccc(O)c1)Cc1cccc(Br)c1. The molecular formula is C18H22BrNO. The van der Waals surface area contributed by atoms with Crippen LogP contribution >= 0.6 is 15.9 Å². The highest BCUT2D eigenvalue weighted by Crippen LogP contribution is 2.19. The van der Waals surface area contributed by atoms with E-state index in [0.717, 1.165) is 30.4 Å². The van der Waals surface area contributed by atoms with Gasteiger partial charge in [-0.25, -0.2) is 0 Å². The van der Waals surface area contributed by atoms with Gasteiger partial charge in [0.05, 0.1) is 0 Å². The van der Waals surface area contributed by atoms with Gasteiger partial charge in [-0.3, -0.25) is 0 Å².